The van der Waals surface area contributed by atoms with E-state index in [1.807, 2.05) is 0 Å². The largest absolute Gasteiger partial charge is 0.414 e. The van der Waals surface area contributed by atoms with Gasteiger partial charge in [0.25, 0.3) is 0 Å². The van der Waals surface area contributed by atoms with Gasteiger partial charge >= 0.3 is 0 Å². The van der Waals surface area contributed by atoms with E-state index in [-0.39, 0.29) is 0 Å². The van der Waals surface area contributed by atoms with Crippen molar-refractivity contribution in [2.45, 2.75) is 84.4 Å². The Labute approximate surface area is 117 Å². The minimum atomic E-state index is -1.58. The molecule has 0 aromatic heterocycles. The SMILES string of the molecule is C[C@@H](CC/C=C/[Si](C)(C)C)O[Si](C)(C)C(C)(C)C. The van der Waals surface area contributed by atoms with Crippen molar-refractivity contribution in [3.63, 3.8) is 0 Å². The van der Waals surface area contributed by atoms with Gasteiger partial charge in [-0.2, -0.15) is 0 Å². The van der Waals surface area contributed by atoms with Gasteiger partial charge in [-0.25, -0.2) is 0 Å². The maximum Gasteiger partial charge on any atom is 0.192 e. The molecular formula is C15H34OSi2. The molecule has 1 nitrogen and oxygen atoms in total. The van der Waals surface area contributed by atoms with Gasteiger partial charge < -0.3 is 4.43 Å². The van der Waals surface area contributed by atoms with Crippen LogP contribution in [-0.2, 0) is 4.43 Å². The maximum atomic E-state index is 6.35. The van der Waals surface area contributed by atoms with Gasteiger partial charge in [0.2, 0.25) is 0 Å². The van der Waals surface area contributed by atoms with Crippen LogP contribution in [0.4, 0.5) is 0 Å². The molecular weight excluding hydrogens is 252 g/mol. The Morgan fingerprint density at radius 2 is 1.56 bits per heavy atom. The standard InChI is InChI=1S/C15H34OSi2/c1-14(12-10-11-13-17(5,6)7)16-18(8,9)15(2,3)4/h11,13-14H,10,12H2,1-9H3/b13-11+/t14-/m0/s1. The molecule has 0 radical (unpaired) electrons. The molecule has 0 aromatic carbocycles. The lowest BCUT2D eigenvalue weighted by atomic mass is 10.2. The van der Waals surface area contributed by atoms with Crippen LogP contribution in [0.1, 0.15) is 40.5 Å². The van der Waals surface area contributed by atoms with Gasteiger partial charge in [-0.3, -0.25) is 0 Å². The van der Waals surface area contributed by atoms with E-state index in [1.54, 1.807) is 0 Å². The summed E-state index contributed by atoms with van der Waals surface area (Å²) < 4.78 is 6.35. The van der Waals surface area contributed by atoms with E-state index in [1.165, 1.54) is 0 Å². The third-order valence-electron chi connectivity index (χ3n) is 3.66. The van der Waals surface area contributed by atoms with E-state index in [9.17, 15) is 0 Å². The van der Waals surface area contributed by atoms with Gasteiger partial charge in [0.05, 0.1) is 8.07 Å². The van der Waals surface area contributed by atoms with Gasteiger partial charge in [-0.05, 0) is 37.9 Å². The Morgan fingerprint density at radius 1 is 1.06 bits per heavy atom. The third-order valence-corrected chi connectivity index (χ3v) is 9.50. The fraction of sp³-hybridized carbons (Fsp3) is 0.867. The lowest BCUT2D eigenvalue weighted by Gasteiger charge is -2.38. The zero-order valence-corrected chi connectivity index (χ0v) is 16.1. The Bertz CT molecular complexity index is 269. The summed E-state index contributed by atoms with van der Waals surface area (Å²) in [5.41, 5.74) is 2.44. The molecule has 0 fully saturated rings. The molecule has 0 aliphatic rings. The van der Waals surface area contributed by atoms with Crippen LogP contribution in [0.2, 0.25) is 37.8 Å². The van der Waals surface area contributed by atoms with E-state index >= 15 is 0 Å². The number of hydrogen-bond donors (Lipinski definition) is 0. The van der Waals surface area contributed by atoms with Crippen LogP contribution in [0.3, 0.4) is 0 Å². The summed E-state index contributed by atoms with van der Waals surface area (Å²) in [4.78, 5) is 0. The minimum absolute atomic E-state index is 0.315. The molecule has 0 amide bonds. The summed E-state index contributed by atoms with van der Waals surface area (Å²) in [5, 5.41) is 0.315. The van der Waals surface area contributed by atoms with Crippen molar-refractivity contribution < 1.29 is 4.43 Å². The van der Waals surface area contributed by atoms with E-state index in [0.717, 1.165) is 12.8 Å². The molecule has 0 N–H and O–H groups in total. The first-order chi connectivity index (χ1) is 7.85. The zero-order chi connectivity index (χ0) is 14.6. The maximum absolute atomic E-state index is 6.35. The van der Waals surface area contributed by atoms with E-state index in [4.69, 9.17) is 4.43 Å². The fourth-order valence-electron chi connectivity index (χ4n) is 1.51. The highest BCUT2D eigenvalue weighted by Crippen LogP contribution is 2.37. The van der Waals surface area contributed by atoms with Crippen LogP contribution in [-0.4, -0.2) is 22.5 Å². The van der Waals surface area contributed by atoms with Crippen LogP contribution in [0, 0.1) is 0 Å². The second-order valence-corrected chi connectivity index (χ2v) is 17.9. The van der Waals surface area contributed by atoms with E-state index in [0.29, 0.717) is 11.1 Å². The zero-order valence-electron chi connectivity index (χ0n) is 14.1. The summed E-state index contributed by atoms with van der Waals surface area (Å²) in [5.74, 6) is 0. The van der Waals surface area contributed by atoms with Gasteiger partial charge in [0.15, 0.2) is 8.32 Å². The predicted octanol–water partition coefficient (Wildman–Crippen LogP) is 5.61. The molecule has 1 atom stereocenters. The number of allylic oxidation sites excluding steroid dienone is 1. The molecule has 0 aliphatic heterocycles. The molecule has 0 rings (SSSR count). The van der Waals surface area contributed by atoms with Gasteiger partial charge in [-0.1, -0.05) is 52.2 Å². The smallest absolute Gasteiger partial charge is 0.192 e. The second-order valence-electron chi connectivity index (χ2n) is 8.03. The quantitative estimate of drug-likeness (QED) is 0.577. The lowest BCUT2D eigenvalue weighted by Crippen LogP contribution is -2.43. The Kier molecular flexibility index (Phi) is 6.58. The molecule has 0 saturated heterocycles. The summed E-state index contributed by atoms with van der Waals surface area (Å²) in [6.07, 6.45) is 5.04. The second kappa shape index (κ2) is 6.53. The van der Waals surface area contributed by atoms with Crippen molar-refractivity contribution in [1.82, 2.24) is 0 Å². The highest BCUT2D eigenvalue weighted by molar-refractivity contribution is 6.80. The summed E-state index contributed by atoms with van der Waals surface area (Å²) in [7, 11) is -2.60. The normalized spacial score (nSPS) is 16.3. The molecule has 0 aromatic rings. The lowest BCUT2D eigenvalue weighted by molar-refractivity contribution is 0.190. The first kappa shape index (κ1) is 18.1. The highest BCUT2D eigenvalue weighted by atomic mass is 28.4. The fourth-order valence-corrected chi connectivity index (χ4v) is 3.86. The van der Waals surface area contributed by atoms with Crippen LogP contribution >= 0.6 is 0 Å². The van der Waals surface area contributed by atoms with Crippen molar-refractivity contribution in [3.05, 3.63) is 11.8 Å². The number of rotatable bonds is 6. The minimum Gasteiger partial charge on any atom is -0.414 e. The molecule has 0 aliphatic carbocycles. The van der Waals surface area contributed by atoms with Crippen LogP contribution in [0.15, 0.2) is 11.8 Å². The van der Waals surface area contributed by atoms with Gasteiger partial charge in [0.1, 0.15) is 0 Å². The number of hydrogen-bond acceptors (Lipinski definition) is 1. The molecule has 0 heterocycles. The third kappa shape index (κ3) is 7.54. The van der Waals surface area contributed by atoms with Crippen LogP contribution in [0.5, 0.6) is 0 Å². The highest BCUT2D eigenvalue weighted by Gasteiger charge is 2.38. The van der Waals surface area contributed by atoms with Crippen LogP contribution in [0.25, 0.3) is 0 Å². The Balaban J connectivity index is 4.14. The molecule has 108 valence electrons. The summed E-state index contributed by atoms with van der Waals surface area (Å²) in [6.45, 7) is 20.9. The van der Waals surface area contributed by atoms with Gasteiger partial charge in [0, 0.05) is 6.10 Å². The average molecular weight is 287 g/mol. The topological polar surface area (TPSA) is 9.23 Å². The predicted molar refractivity (Wildman–Crippen MR) is 89.5 cm³/mol. The van der Waals surface area contributed by atoms with Gasteiger partial charge in [-0.15, -0.1) is 0 Å². The molecule has 0 bridgehead atoms. The van der Waals surface area contributed by atoms with Crippen molar-refractivity contribution in [3.8, 4) is 0 Å². The first-order valence-corrected chi connectivity index (χ1v) is 13.7. The molecule has 0 spiro atoms. The van der Waals surface area contributed by atoms with E-state index in [2.05, 4.69) is 72.2 Å². The molecule has 0 unspecified atom stereocenters. The van der Waals surface area contributed by atoms with Crippen molar-refractivity contribution >= 4 is 16.4 Å². The Hall–Kier alpha value is 0.134. The monoisotopic (exact) mass is 286 g/mol. The van der Waals surface area contributed by atoms with Crippen LogP contribution < -0.4 is 0 Å². The van der Waals surface area contributed by atoms with E-state index < -0.39 is 16.4 Å². The molecule has 18 heavy (non-hydrogen) atoms. The average Bonchev–Trinajstić information content (AvgIpc) is 2.08. The van der Waals surface area contributed by atoms with Crippen molar-refractivity contribution in [2.75, 3.05) is 0 Å². The Morgan fingerprint density at radius 3 is 1.94 bits per heavy atom. The summed E-state index contributed by atoms with van der Waals surface area (Å²) >= 11 is 0. The molecule has 3 heteroatoms. The first-order valence-electron chi connectivity index (χ1n) is 7.21. The van der Waals surface area contributed by atoms with Crippen molar-refractivity contribution in [1.29, 1.82) is 0 Å². The molecule has 0 saturated carbocycles. The van der Waals surface area contributed by atoms with Crippen molar-refractivity contribution in [2.24, 2.45) is 0 Å². The summed E-state index contributed by atoms with van der Waals surface area (Å²) in [6, 6.07) is 0.